The van der Waals surface area contributed by atoms with E-state index in [-0.39, 0.29) is 5.91 Å². The van der Waals surface area contributed by atoms with Crippen LogP contribution < -0.4 is 5.32 Å². The van der Waals surface area contributed by atoms with Crippen molar-refractivity contribution in [1.29, 1.82) is 0 Å². The first-order chi connectivity index (χ1) is 11.7. The average molecular weight is 340 g/mol. The van der Waals surface area contributed by atoms with Crippen LogP contribution in [-0.4, -0.2) is 11.9 Å². The van der Waals surface area contributed by atoms with Crippen molar-refractivity contribution in [3.63, 3.8) is 0 Å². The molecule has 1 unspecified atom stereocenters. The Hall–Kier alpha value is -0.530. The highest BCUT2D eigenvalue weighted by Crippen LogP contribution is 2.11. The molecule has 1 N–H and O–H groups in total. The second-order valence-corrected chi connectivity index (χ2v) is 7.60. The van der Waals surface area contributed by atoms with Crippen LogP contribution in [0, 0.1) is 0 Å². The van der Waals surface area contributed by atoms with Crippen molar-refractivity contribution in [2.75, 3.05) is 0 Å². The fourth-order valence-electron chi connectivity index (χ4n) is 3.25. The molecule has 0 aromatic heterocycles. The minimum absolute atomic E-state index is 0.261. The van der Waals surface area contributed by atoms with Crippen LogP contribution in [0.2, 0.25) is 0 Å². The Morgan fingerprint density at radius 3 is 1.58 bits per heavy atom. The normalized spacial score (nSPS) is 12.3. The Labute approximate surface area is 152 Å². The van der Waals surface area contributed by atoms with E-state index in [1.54, 1.807) is 0 Å². The number of amides is 1. The summed E-state index contributed by atoms with van der Waals surface area (Å²) >= 11 is 0. The molecule has 0 saturated heterocycles. The number of unbranched alkanes of at least 4 members (excludes halogenated alkanes) is 13. The second kappa shape index (κ2) is 18.8. The summed E-state index contributed by atoms with van der Waals surface area (Å²) in [4.78, 5) is 11.9. The van der Waals surface area contributed by atoms with Gasteiger partial charge in [0.1, 0.15) is 0 Å². The summed E-state index contributed by atoms with van der Waals surface area (Å²) in [6.07, 6.45) is 21.6. The number of carbonyl (C=O) groups is 1. The van der Waals surface area contributed by atoms with Crippen molar-refractivity contribution >= 4 is 5.91 Å². The van der Waals surface area contributed by atoms with Crippen LogP contribution in [-0.2, 0) is 4.79 Å². The third-order valence-electron chi connectivity index (χ3n) is 4.91. The van der Waals surface area contributed by atoms with E-state index in [9.17, 15) is 4.79 Å². The van der Waals surface area contributed by atoms with Gasteiger partial charge < -0.3 is 5.32 Å². The van der Waals surface area contributed by atoms with E-state index in [0.717, 1.165) is 19.3 Å². The van der Waals surface area contributed by atoms with Gasteiger partial charge in [-0.15, -0.1) is 0 Å². The molecule has 0 rings (SSSR count). The number of nitrogens with one attached hydrogen (secondary N) is 1. The largest absolute Gasteiger partial charge is 0.354 e. The van der Waals surface area contributed by atoms with Gasteiger partial charge in [0, 0.05) is 12.5 Å². The molecular formula is C22H45NO. The molecule has 0 radical (unpaired) electrons. The standard InChI is InChI=1S/C22H45NO/c1-4-6-8-10-12-14-16-18-20-22(24)23-21(3)19-17-15-13-11-9-7-5-2/h21H,4-20H2,1-3H3,(H,23,24). The quantitative estimate of drug-likeness (QED) is 0.264. The average Bonchev–Trinajstić information content (AvgIpc) is 2.56. The molecule has 0 aromatic rings. The Morgan fingerprint density at radius 2 is 1.08 bits per heavy atom. The maximum absolute atomic E-state index is 11.9. The molecule has 2 heteroatoms. The van der Waals surface area contributed by atoms with E-state index in [1.807, 2.05) is 0 Å². The molecule has 0 heterocycles. The Balaban J connectivity index is 3.33. The van der Waals surface area contributed by atoms with Crippen LogP contribution in [0.3, 0.4) is 0 Å². The minimum atomic E-state index is 0.261. The first kappa shape index (κ1) is 23.5. The van der Waals surface area contributed by atoms with Gasteiger partial charge in [0.25, 0.3) is 0 Å². The SMILES string of the molecule is CCCCCCCCCCC(=O)NC(C)CCCCCCCCC. The molecule has 0 bridgehead atoms. The van der Waals surface area contributed by atoms with Gasteiger partial charge in [-0.3, -0.25) is 4.79 Å². The van der Waals surface area contributed by atoms with Gasteiger partial charge in [-0.1, -0.05) is 104 Å². The molecule has 0 fully saturated rings. The first-order valence-corrected chi connectivity index (χ1v) is 11.0. The van der Waals surface area contributed by atoms with E-state index in [1.165, 1.54) is 89.9 Å². The summed E-state index contributed by atoms with van der Waals surface area (Å²) in [7, 11) is 0. The Kier molecular flexibility index (Phi) is 18.4. The van der Waals surface area contributed by atoms with Crippen molar-refractivity contribution in [3.05, 3.63) is 0 Å². The van der Waals surface area contributed by atoms with Crippen LogP contribution in [0.5, 0.6) is 0 Å². The van der Waals surface area contributed by atoms with Crippen molar-refractivity contribution in [3.8, 4) is 0 Å². The van der Waals surface area contributed by atoms with E-state index in [2.05, 4.69) is 26.1 Å². The smallest absolute Gasteiger partial charge is 0.220 e. The maximum Gasteiger partial charge on any atom is 0.220 e. The summed E-state index contributed by atoms with van der Waals surface area (Å²) in [6.45, 7) is 6.67. The molecule has 0 aliphatic carbocycles. The van der Waals surface area contributed by atoms with Crippen LogP contribution in [0.25, 0.3) is 0 Å². The Bertz CT molecular complexity index is 265. The number of hydrogen-bond donors (Lipinski definition) is 1. The Morgan fingerprint density at radius 1 is 0.667 bits per heavy atom. The van der Waals surface area contributed by atoms with Gasteiger partial charge in [-0.05, 0) is 19.8 Å². The van der Waals surface area contributed by atoms with E-state index >= 15 is 0 Å². The molecule has 1 atom stereocenters. The lowest BCUT2D eigenvalue weighted by Crippen LogP contribution is -2.32. The molecule has 0 saturated carbocycles. The summed E-state index contributed by atoms with van der Waals surface area (Å²) in [5.41, 5.74) is 0. The van der Waals surface area contributed by atoms with Crippen LogP contribution in [0.15, 0.2) is 0 Å². The van der Waals surface area contributed by atoms with Gasteiger partial charge >= 0.3 is 0 Å². The lowest BCUT2D eigenvalue weighted by molar-refractivity contribution is -0.121. The molecule has 24 heavy (non-hydrogen) atoms. The van der Waals surface area contributed by atoms with Crippen LogP contribution >= 0.6 is 0 Å². The van der Waals surface area contributed by atoms with E-state index in [0.29, 0.717) is 6.04 Å². The van der Waals surface area contributed by atoms with Gasteiger partial charge in [0.05, 0.1) is 0 Å². The van der Waals surface area contributed by atoms with Gasteiger partial charge in [-0.2, -0.15) is 0 Å². The lowest BCUT2D eigenvalue weighted by atomic mass is 10.1. The number of carbonyl (C=O) groups excluding carboxylic acids is 1. The van der Waals surface area contributed by atoms with Crippen molar-refractivity contribution in [1.82, 2.24) is 5.32 Å². The van der Waals surface area contributed by atoms with Gasteiger partial charge in [0.15, 0.2) is 0 Å². The highest BCUT2D eigenvalue weighted by atomic mass is 16.1. The fraction of sp³-hybridized carbons (Fsp3) is 0.955. The molecule has 1 amide bonds. The van der Waals surface area contributed by atoms with E-state index in [4.69, 9.17) is 0 Å². The summed E-state index contributed by atoms with van der Waals surface area (Å²) in [5, 5.41) is 3.17. The third-order valence-corrected chi connectivity index (χ3v) is 4.91. The fourth-order valence-corrected chi connectivity index (χ4v) is 3.25. The molecule has 144 valence electrons. The molecule has 0 aliphatic heterocycles. The van der Waals surface area contributed by atoms with E-state index < -0.39 is 0 Å². The summed E-state index contributed by atoms with van der Waals surface area (Å²) < 4.78 is 0. The molecule has 2 nitrogen and oxygen atoms in total. The predicted molar refractivity (Wildman–Crippen MR) is 107 cm³/mol. The van der Waals surface area contributed by atoms with Gasteiger partial charge in [0.2, 0.25) is 5.91 Å². The molecule has 0 aliphatic rings. The minimum Gasteiger partial charge on any atom is -0.354 e. The molecular weight excluding hydrogens is 294 g/mol. The highest BCUT2D eigenvalue weighted by molar-refractivity contribution is 5.76. The number of hydrogen-bond acceptors (Lipinski definition) is 1. The lowest BCUT2D eigenvalue weighted by Gasteiger charge is -2.13. The summed E-state index contributed by atoms with van der Waals surface area (Å²) in [5.74, 6) is 0.261. The van der Waals surface area contributed by atoms with Crippen molar-refractivity contribution in [2.45, 2.75) is 136 Å². The summed E-state index contributed by atoms with van der Waals surface area (Å²) in [6, 6.07) is 0.349. The van der Waals surface area contributed by atoms with Gasteiger partial charge in [-0.25, -0.2) is 0 Å². The third kappa shape index (κ3) is 17.8. The zero-order valence-corrected chi connectivity index (χ0v) is 17.0. The van der Waals surface area contributed by atoms with Crippen molar-refractivity contribution in [2.24, 2.45) is 0 Å². The van der Waals surface area contributed by atoms with Crippen molar-refractivity contribution < 1.29 is 4.79 Å². The monoisotopic (exact) mass is 339 g/mol. The molecule has 0 spiro atoms. The first-order valence-electron chi connectivity index (χ1n) is 11.0. The number of rotatable bonds is 18. The van der Waals surface area contributed by atoms with Crippen LogP contribution in [0.4, 0.5) is 0 Å². The predicted octanol–water partition coefficient (Wildman–Crippen LogP) is 7.16. The topological polar surface area (TPSA) is 29.1 Å². The molecule has 0 aromatic carbocycles. The maximum atomic E-state index is 11.9. The second-order valence-electron chi connectivity index (χ2n) is 7.60. The zero-order chi connectivity index (χ0) is 17.9. The highest BCUT2D eigenvalue weighted by Gasteiger charge is 2.06. The van der Waals surface area contributed by atoms with Crippen LogP contribution in [0.1, 0.15) is 130 Å². The zero-order valence-electron chi connectivity index (χ0n) is 17.0.